The van der Waals surface area contributed by atoms with E-state index in [1.165, 1.54) is 0 Å². The van der Waals surface area contributed by atoms with Crippen LogP contribution < -0.4 is 15.5 Å². The minimum absolute atomic E-state index is 0.0449. The van der Waals surface area contributed by atoms with E-state index in [0.29, 0.717) is 24.9 Å². The zero-order chi connectivity index (χ0) is 26.9. The molecule has 3 aromatic heterocycles. The third-order valence-electron chi connectivity index (χ3n) is 6.35. The molecule has 0 spiro atoms. The Morgan fingerprint density at radius 1 is 1.18 bits per heavy atom. The topological polar surface area (TPSA) is 115 Å². The number of carbonyl (C=O) groups is 1. The van der Waals surface area contributed by atoms with Crippen LogP contribution in [0.15, 0.2) is 49.1 Å². The molecule has 0 aliphatic carbocycles. The van der Waals surface area contributed by atoms with E-state index < -0.39 is 11.7 Å². The number of benzene rings is 1. The second-order valence-corrected chi connectivity index (χ2v) is 10.8. The van der Waals surface area contributed by atoms with Gasteiger partial charge in [-0.3, -0.25) is 0 Å². The molecular weight excluding hydrogens is 482 g/mol. The van der Waals surface area contributed by atoms with Crippen molar-refractivity contribution in [2.45, 2.75) is 65.3 Å². The number of rotatable bonds is 7. The maximum Gasteiger partial charge on any atom is 0.407 e. The van der Waals surface area contributed by atoms with Gasteiger partial charge in [-0.1, -0.05) is 18.2 Å². The molecule has 4 aromatic rings. The maximum absolute atomic E-state index is 12.3. The van der Waals surface area contributed by atoms with Gasteiger partial charge in [0.15, 0.2) is 17.0 Å². The summed E-state index contributed by atoms with van der Waals surface area (Å²) in [5, 5.41) is 10.9. The quantitative estimate of drug-likeness (QED) is 0.373. The lowest BCUT2D eigenvalue weighted by atomic mass is 10.2. The van der Waals surface area contributed by atoms with Gasteiger partial charge in [0.2, 0.25) is 5.95 Å². The number of hydrogen-bond acceptors (Lipinski definition) is 8. The van der Waals surface area contributed by atoms with Crippen LogP contribution in [0.5, 0.6) is 0 Å². The summed E-state index contributed by atoms with van der Waals surface area (Å²) < 4.78 is 9.34. The average molecular weight is 518 g/mol. The Hall–Kier alpha value is -4.15. The predicted octanol–water partition coefficient (Wildman–Crippen LogP) is 4.31. The predicted molar refractivity (Wildman–Crippen MR) is 147 cm³/mol. The maximum atomic E-state index is 12.3. The molecule has 200 valence electrons. The molecule has 38 heavy (non-hydrogen) atoms. The number of aromatic nitrogens is 6. The molecule has 1 aromatic carbocycles. The van der Waals surface area contributed by atoms with Gasteiger partial charge in [0.25, 0.3) is 0 Å². The van der Waals surface area contributed by atoms with Crippen LogP contribution in [0.2, 0.25) is 0 Å². The van der Waals surface area contributed by atoms with E-state index in [4.69, 9.17) is 14.7 Å². The van der Waals surface area contributed by atoms with Crippen LogP contribution in [-0.4, -0.2) is 60.1 Å². The molecule has 0 radical (unpaired) electrons. The molecular formula is C27H35N9O2. The number of carbonyl (C=O) groups excluding carboxylic acids is 1. The zero-order valence-electron chi connectivity index (χ0n) is 22.5. The molecule has 1 aliphatic heterocycles. The monoisotopic (exact) mass is 517 g/mol. The first-order valence-electron chi connectivity index (χ1n) is 13.0. The molecule has 1 aliphatic rings. The van der Waals surface area contributed by atoms with Crippen LogP contribution in [0.1, 0.15) is 52.6 Å². The summed E-state index contributed by atoms with van der Waals surface area (Å²) in [4.78, 5) is 28.8. The van der Waals surface area contributed by atoms with Crippen LogP contribution in [0, 0.1) is 0 Å². The molecule has 0 saturated carbocycles. The molecule has 11 nitrogen and oxygen atoms in total. The number of alkyl carbamates (subject to hydrolysis) is 1. The Morgan fingerprint density at radius 3 is 2.74 bits per heavy atom. The van der Waals surface area contributed by atoms with Crippen LogP contribution in [0.3, 0.4) is 0 Å². The minimum Gasteiger partial charge on any atom is -0.444 e. The summed E-state index contributed by atoms with van der Waals surface area (Å²) in [5.41, 5.74) is 3.04. The van der Waals surface area contributed by atoms with Crippen molar-refractivity contribution in [2.24, 2.45) is 0 Å². The lowest BCUT2D eigenvalue weighted by Crippen LogP contribution is -2.40. The third-order valence-corrected chi connectivity index (χ3v) is 6.35. The van der Waals surface area contributed by atoms with Gasteiger partial charge in [0, 0.05) is 38.1 Å². The van der Waals surface area contributed by atoms with E-state index in [-0.39, 0.29) is 12.1 Å². The molecule has 5 rings (SSSR count). The van der Waals surface area contributed by atoms with E-state index in [1.54, 1.807) is 6.20 Å². The SMILES string of the molecule is CC(C)n1cnc2c(NCc3ccccc3-n3cccn3)nc(N3CC[C@H](NC(=O)OC(C)(C)C)C3)nc21. The largest absolute Gasteiger partial charge is 0.444 e. The van der Waals surface area contributed by atoms with Crippen molar-refractivity contribution in [3.8, 4) is 5.69 Å². The summed E-state index contributed by atoms with van der Waals surface area (Å²) in [6, 6.07) is 10.2. The van der Waals surface area contributed by atoms with Crippen molar-refractivity contribution in [1.29, 1.82) is 0 Å². The summed E-state index contributed by atoms with van der Waals surface area (Å²) in [7, 11) is 0. The number of amides is 1. The van der Waals surface area contributed by atoms with Gasteiger partial charge in [-0.2, -0.15) is 15.1 Å². The Morgan fingerprint density at radius 2 is 2.00 bits per heavy atom. The minimum atomic E-state index is -0.539. The van der Waals surface area contributed by atoms with E-state index >= 15 is 0 Å². The third kappa shape index (κ3) is 5.56. The second-order valence-electron chi connectivity index (χ2n) is 10.8. The number of imidazole rings is 1. The zero-order valence-corrected chi connectivity index (χ0v) is 22.5. The molecule has 11 heteroatoms. The fourth-order valence-corrected chi connectivity index (χ4v) is 4.56. The second kappa shape index (κ2) is 10.3. The van der Waals surface area contributed by atoms with Gasteiger partial charge in [-0.25, -0.2) is 14.5 Å². The van der Waals surface area contributed by atoms with Gasteiger partial charge < -0.3 is 24.8 Å². The molecule has 4 heterocycles. The fourth-order valence-electron chi connectivity index (χ4n) is 4.56. The van der Waals surface area contributed by atoms with Crippen molar-refractivity contribution in [3.05, 3.63) is 54.6 Å². The highest BCUT2D eigenvalue weighted by atomic mass is 16.6. The lowest BCUT2D eigenvalue weighted by molar-refractivity contribution is 0.0509. The highest BCUT2D eigenvalue weighted by molar-refractivity contribution is 5.84. The molecule has 1 atom stereocenters. The number of nitrogens with zero attached hydrogens (tertiary/aromatic N) is 7. The van der Waals surface area contributed by atoms with Crippen LogP contribution in [0.4, 0.5) is 16.6 Å². The normalized spacial score (nSPS) is 15.8. The Bertz CT molecular complexity index is 1410. The fraction of sp³-hybridized carbons (Fsp3) is 0.444. The molecule has 1 fully saturated rings. The van der Waals surface area contributed by atoms with E-state index in [2.05, 4.69) is 50.1 Å². The van der Waals surface area contributed by atoms with Gasteiger partial charge in [-0.05, 0) is 58.7 Å². The molecule has 2 N–H and O–H groups in total. The number of para-hydroxylation sites is 1. The van der Waals surface area contributed by atoms with Crippen LogP contribution in [-0.2, 0) is 11.3 Å². The van der Waals surface area contributed by atoms with Crippen molar-refractivity contribution in [3.63, 3.8) is 0 Å². The van der Waals surface area contributed by atoms with Gasteiger partial charge in [0.05, 0.1) is 18.1 Å². The summed E-state index contributed by atoms with van der Waals surface area (Å²) in [6.45, 7) is 11.6. The summed E-state index contributed by atoms with van der Waals surface area (Å²) >= 11 is 0. The first kappa shape index (κ1) is 25.5. The Labute approximate surface area is 222 Å². The standard InChI is InChI=1S/C27H35N9O2/c1-18(2)35-17-29-22-23(28-15-19-9-6-7-10-21(19)36-13-8-12-30-36)32-25(33-24(22)35)34-14-11-20(16-34)31-26(37)38-27(3,4)5/h6-10,12-13,17-18,20H,11,14-16H2,1-5H3,(H,31,37)(H,28,32,33)/t20-/m0/s1. The molecule has 0 bridgehead atoms. The van der Waals surface area contributed by atoms with E-state index in [9.17, 15) is 4.79 Å². The van der Waals surface area contributed by atoms with Gasteiger partial charge in [-0.15, -0.1) is 0 Å². The number of nitrogens with one attached hydrogen (secondary N) is 2. The van der Waals surface area contributed by atoms with Crippen molar-refractivity contribution >= 4 is 29.0 Å². The van der Waals surface area contributed by atoms with Crippen molar-refractivity contribution in [1.82, 2.24) is 34.6 Å². The van der Waals surface area contributed by atoms with Gasteiger partial charge >= 0.3 is 6.09 Å². The molecule has 1 amide bonds. The first-order chi connectivity index (χ1) is 18.2. The van der Waals surface area contributed by atoms with Crippen LogP contribution in [0.25, 0.3) is 16.9 Å². The molecule has 0 unspecified atom stereocenters. The highest BCUT2D eigenvalue weighted by Crippen LogP contribution is 2.27. The van der Waals surface area contributed by atoms with Crippen molar-refractivity contribution < 1.29 is 9.53 Å². The Kier molecular flexibility index (Phi) is 6.92. The highest BCUT2D eigenvalue weighted by Gasteiger charge is 2.29. The van der Waals surface area contributed by atoms with Gasteiger partial charge in [0.1, 0.15) is 5.60 Å². The summed E-state index contributed by atoms with van der Waals surface area (Å²) in [5.74, 6) is 1.28. The number of fused-ring (bicyclic) bond motifs is 1. The van der Waals surface area contributed by atoms with E-state index in [1.807, 2.05) is 62.2 Å². The van der Waals surface area contributed by atoms with Crippen molar-refractivity contribution in [2.75, 3.05) is 23.3 Å². The number of anilines is 2. The van der Waals surface area contributed by atoms with Crippen LogP contribution >= 0.6 is 0 Å². The number of ether oxygens (including phenoxy) is 1. The summed E-state index contributed by atoms with van der Waals surface area (Å²) in [6.07, 6.45) is 5.89. The smallest absolute Gasteiger partial charge is 0.407 e. The first-order valence-corrected chi connectivity index (χ1v) is 13.0. The molecule has 1 saturated heterocycles. The van der Waals surface area contributed by atoms with E-state index in [0.717, 1.165) is 35.4 Å². The number of hydrogen-bond donors (Lipinski definition) is 2. The average Bonchev–Trinajstić information content (AvgIpc) is 3.62. The lowest BCUT2D eigenvalue weighted by Gasteiger charge is -2.22. The Balaban J connectivity index is 1.40.